The lowest BCUT2D eigenvalue weighted by Gasteiger charge is -2.33. The molecule has 1 aliphatic rings. The van der Waals surface area contributed by atoms with E-state index in [1.54, 1.807) is 36.0 Å². The molecule has 0 aliphatic carbocycles. The van der Waals surface area contributed by atoms with Crippen molar-refractivity contribution in [2.45, 2.75) is 11.8 Å². The Labute approximate surface area is 237 Å². The van der Waals surface area contributed by atoms with Crippen molar-refractivity contribution in [1.82, 2.24) is 33.9 Å². The predicted molar refractivity (Wildman–Crippen MR) is 151 cm³/mol. The molecule has 1 N–H and O–H groups in total. The first-order chi connectivity index (χ1) is 19.8. The van der Waals surface area contributed by atoms with Crippen LogP contribution in [0.2, 0.25) is 0 Å². The molecule has 214 valence electrons. The molecular formula is C27H30N8O5S. The van der Waals surface area contributed by atoms with Gasteiger partial charge in [0.1, 0.15) is 22.8 Å². The van der Waals surface area contributed by atoms with E-state index in [1.807, 2.05) is 6.92 Å². The van der Waals surface area contributed by atoms with E-state index < -0.39 is 15.6 Å². The van der Waals surface area contributed by atoms with E-state index >= 15 is 0 Å². The van der Waals surface area contributed by atoms with E-state index in [-0.39, 0.29) is 40.9 Å². The van der Waals surface area contributed by atoms with Crippen LogP contribution in [0.25, 0.3) is 33.7 Å². The lowest BCUT2D eigenvalue weighted by Crippen LogP contribution is -2.48. The van der Waals surface area contributed by atoms with Crippen LogP contribution in [0, 0.1) is 11.3 Å². The first-order valence-corrected chi connectivity index (χ1v) is 14.5. The molecule has 1 fully saturated rings. The topological polar surface area (TPSA) is 159 Å². The molecule has 0 spiro atoms. The quantitative estimate of drug-likeness (QED) is 0.289. The summed E-state index contributed by atoms with van der Waals surface area (Å²) < 4.78 is 41.1. The highest BCUT2D eigenvalue weighted by Crippen LogP contribution is 2.32. The second-order valence-electron chi connectivity index (χ2n) is 9.48. The van der Waals surface area contributed by atoms with Crippen molar-refractivity contribution in [2.24, 2.45) is 7.05 Å². The molecular weight excluding hydrogens is 548 g/mol. The smallest absolute Gasteiger partial charge is 0.279 e. The maximum Gasteiger partial charge on any atom is 0.279 e. The summed E-state index contributed by atoms with van der Waals surface area (Å²) >= 11 is 0. The Kier molecular flexibility index (Phi) is 8.13. The van der Waals surface area contributed by atoms with Crippen LogP contribution < -0.4 is 10.3 Å². The lowest BCUT2D eigenvalue weighted by molar-refractivity contribution is 0.144. The number of aromatic nitrogens is 5. The number of fused-ring (bicyclic) bond motifs is 1. The third-order valence-electron chi connectivity index (χ3n) is 7.00. The summed E-state index contributed by atoms with van der Waals surface area (Å²) in [7, 11) is -0.643. The number of nitrogens with one attached hydrogen (secondary N) is 1. The highest BCUT2D eigenvalue weighted by Gasteiger charge is 2.30. The van der Waals surface area contributed by atoms with Gasteiger partial charge in [0.05, 0.1) is 35.7 Å². The molecule has 1 saturated heterocycles. The Morgan fingerprint density at radius 3 is 2.49 bits per heavy atom. The largest absolute Gasteiger partial charge is 0.475 e. The van der Waals surface area contributed by atoms with Gasteiger partial charge in [0.15, 0.2) is 5.52 Å². The van der Waals surface area contributed by atoms with Gasteiger partial charge in [-0.25, -0.2) is 18.4 Å². The van der Waals surface area contributed by atoms with Crippen LogP contribution in [0.1, 0.15) is 12.5 Å². The summed E-state index contributed by atoms with van der Waals surface area (Å²) in [4.78, 5) is 27.1. The van der Waals surface area contributed by atoms with Gasteiger partial charge in [-0.2, -0.15) is 14.7 Å². The number of methoxy groups -OCH3 is 1. The molecule has 3 aromatic heterocycles. The molecule has 41 heavy (non-hydrogen) atoms. The van der Waals surface area contributed by atoms with Crippen LogP contribution in [0.15, 0.2) is 46.2 Å². The van der Waals surface area contributed by atoms with Gasteiger partial charge < -0.3 is 19.4 Å². The van der Waals surface area contributed by atoms with E-state index in [0.717, 1.165) is 6.54 Å². The second-order valence-corrected chi connectivity index (χ2v) is 11.4. The highest BCUT2D eigenvalue weighted by atomic mass is 32.2. The first kappa shape index (κ1) is 28.4. The first-order valence-electron chi connectivity index (χ1n) is 13.1. The minimum atomic E-state index is -3.87. The minimum absolute atomic E-state index is 0.0298. The number of nitrogens with zero attached hydrogens (tertiary/aromatic N) is 7. The maximum atomic E-state index is 13.6. The molecule has 0 bridgehead atoms. The van der Waals surface area contributed by atoms with Crippen LogP contribution in [-0.2, 0) is 21.8 Å². The fourth-order valence-corrected chi connectivity index (χ4v) is 6.14. The summed E-state index contributed by atoms with van der Waals surface area (Å²) in [5.41, 5.74) is 1.88. The summed E-state index contributed by atoms with van der Waals surface area (Å²) in [5.74, 6) is 0.182. The fraction of sp³-hybridized carbons (Fsp3) is 0.370. The van der Waals surface area contributed by atoms with Gasteiger partial charge in [-0.15, -0.1) is 0 Å². The monoisotopic (exact) mass is 578 g/mol. The van der Waals surface area contributed by atoms with Gasteiger partial charge in [-0.05, 0) is 24.7 Å². The summed E-state index contributed by atoms with van der Waals surface area (Å²) in [6.07, 6.45) is 1.26. The van der Waals surface area contributed by atoms with Gasteiger partial charge in [0.2, 0.25) is 15.9 Å². The van der Waals surface area contributed by atoms with Gasteiger partial charge in [0.25, 0.3) is 5.56 Å². The number of hydrogen-bond acceptors (Lipinski definition) is 10. The van der Waals surface area contributed by atoms with Crippen LogP contribution in [0.4, 0.5) is 0 Å². The van der Waals surface area contributed by atoms with Gasteiger partial charge in [-0.3, -0.25) is 9.48 Å². The zero-order chi connectivity index (χ0) is 29.1. The van der Waals surface area contributed by atoms with E-state index in [2.05, 4.69) is 26.0 Å². The molecule has 1 aromatic carbocycles. The second kappa shape index (κ2) is 11.8. The number of piperazine rings is 1. The number of H-pyrrole nitrogens is 1. The Bertz CT molecular complexity index is 1770. The molecule has 4 heterocycles. The van der Waals surface area contributed by atoms with Gasteiger partial charge >= 0.3 is 0 Å². The number of sulfonamides is 1. The molecule has 4 aromatic rings. The van der Waals surface area contributed by atoms with E-state index in [9.17, 15) is 18.5 Å². The van der Waals surface area contributed by atoms with Crippen LogP contribution >= 0.6 is 0 Å². The predicted octanol–water partition coefficient (Wildman–Crippen LogP) is 1.61. The molecule has 14 heteroatoms. The SMILES string of the molecule is CCN1CCN(S(=O)(=O)c2cnc(OCCOC)c(-c3nc4c(-c5ccc(C#N)cc5)n(C)nc4c(=O)[nH]3)c2)CC1. The van der Waals surface area contributed by atoms with Crippen LogP contribution in [-0.4, -0.2) is 95.4 Å². The average Bonchev–Trinajstić information content (AvgIpc) is 3.33. The van der Waals surface area contributed by atoms with E-state index in [4.69, 9.17) is 14.5 Å². The average molecular weight is 579 g/mol. The van der Waals surface area contributed by atoms with Crippen molar-refractivity contribution in [3.8, 4) is 34.6 Å². The number of pyridine rings is 1. The Morgan fingerprint density at radius 1 is 1.10 bits per heavy atom. The lowest BCUT2D eigenvalue weighted by atomic mass is 10.1. The Morgan fingerprint density at radius 2 is 1.83 bits per heavy atom. The van der Waals surface area contributed by atoms with Crippen molar-refractivity contribution < 1.29 is 17.9 Å². The Hall–Kier alpha value is -4.16. The molecule has 13 nitrogen and oxygen atoms in total. The number of aromatic amines is 1. The molecule has 0 atom stereocenters. The van der Waals surface area contributed by atoms with Crippen molar-refractivity contribution >= 4 is 21.1 Å². The number of benzene rings is 1. The van der Waals surface area contributed by atoms with Crippen LogP contribution in [0.5, 0.6) is 5.88 Å². The van der Waals surface area contributed by atoms with E-state index in [0.29, 0.717) is 48.5 Å². The molecule has 5 rings (SSSR count). The van der Waals surface area contributed by atoms with Crippen molar-refractivity contribution in [1.29, 1.82) is 5.26 Å². The molecule has 0 saturated carbocycles. The molecule has 1 aliphatic heterocycles. The highest BCUT2D eigenvalue weighted by molar-refractivity contribution is 7.89. The number of hydrogen-bond donors (Lipinski definition) is 1. The van der Waals surface area contributed by atoms with Gasteiger partial charge in [-0.1, -0.05) is 19.1 Å². The Balaban J connectivity index is 1.63. The summed E-state index contributed by atoms with van der Waals surface area (Å²) in [5, 5.41) is 13.5. The molecule has 0 radical (unpaired) electrons. The minimum Gasteiger partial charge on any atom is -0.475 e. The summed E-state index contributed by atoms with van der Waals surface area (Å²) in [6.45, 7) is 5.33. The zero-order valence-electron chi connectivity index (χ0n) is 23.0. The fourth-order valence-electron chi connectivity index (χ4n) is 4.75. The van der Waals surface area contributed by atoms with Crippen molar-refractivity contribution in [3.63, 3.8) is 0 Å². The van der Waals surface area contributed by atoms with Crippen molar-refractivity contribution in [3.05, 3.63) is 52.4 Å². The molecule has 0 unspecified atom stereocenters. The summed E-state index contributed by atoms with van der Waals surface area (Å²) in [6, 6.07) is 10.4. The number of ether oxygens (including phenoxy) is 2. The van der Waals surface area contributed by atoms with Crippen molar-refractivity contribution in [2.75, 3.05) is 53.0 Å². The normalized spacial score (nSPS) is 14.8. The van der Waals surface area contributed by atoms with Crippen LogP contribution in [0.3, 0.4) is 0 Å². The number of aryl methyl sites for hydroxylation is 1. The molecule has 0 amide bonds. The number of rotatable bonds is 9. The standard InChI is InChI=1S/C27H30N8O5S/c1-4-34-9-11-35(12-10-34)41(37,38)20-15-21(27(29-17-20)40-14-13-39-3)25-30-22-23(26(36)31-25)32-33(2)24(22)19-7-5-18(16-28)6-8-19/h5-8,15,17H,4,9-14H2,1-3H3,(H,30,31,36). The van der Waals surface area contributed by atoms with E-state index in [1.165, 1.54) is 23.7 Å². The van der Waals surface area contributed by atoms with Gasteiger partial charge in [0, 0.05) is 45.9 Å². The third kappa shape index (κ3) is 5.57. The maximum absolute atomic E-state index is 13.6. The number of likely N-dealkylation sites (N-methyl/N-ethyl adjacent to an activating group) is 1. The number of nitriles is 1. The third-order valence-corrected chi connectivity index (χ3v) is 8.87. The zero-order valence-corrected chi connectivity index (χ0v) is 23.8.